The van der Waals surface area contributed by atoms with Gasteiger partial charge in [-0.15, -0.1) is 10.2 Å². The molecule has 3 heterocycles. The summed E-state index contributed by atoms with van der Waals surface area (Å²) in [6.07, 6.45) is 4.39. The highest BCUT2D eigenvalue weighted by molar-refractivity contribution is 5.73. The van der Waals surface area contributed by atoms with Crippen LogP contribution in [0.3, 0.4) is 0 Å². The van der Waals surface area contributed by atoms with E-state index in [2.05, 4.69) is 20.1 Å². The number of amides is 2. The van der Waals surface area contributed by atoms with Gasteiger partial charge in [-0.1, -0.05) is 0 Å². The Hall–Kier alpha value is -1.63. The maximum absolute atomic E-state index is 12.0. The number of ether oxygens (including phenoxy) is 1. The predicted octanol–water partition coefficient (Wildman–Crippen LogP) is 0.545. The van der Waals surface area contributed by atoms with Crippen molar-refractivity contribution in [3.63, 3.8) is 0 Å². The van der Waals surface area contributed by atoms with Crippen LogP contribution in [0.15, 0.2) is 0 Å². The average molecular weight is 279 g/mol. The molecule has 2 aliphatic heterocycles. The van der Waals surface area contributed by atoms with Crippen molar-refractivity contribution in [2.24, 2.45) is 0 Å². The highest BCUT2D eigenvalue weighted by atomic mass is 16.5. The van der Waals surface area contributed by atoms with E-state index >= 15 is 0 Å². The first kappa shape index (κ1) is 13.4. The Morgan fingerprint density at radius 3 is 3.20 bits per heavy atom. The lowest BCUT2D eigenvalue weighted by Crippen LogP contribution is -2.40. The van der Waals surface area contributed by atoms with Crippen LogP contribution < -0.4 is 5.32 Å². The smallest absolute Gasteiger partial charge is 0.317 e. The van der Waals surface area contributed by atoms with Crippen LogP contribution in [0.2, 0.25) is 0 Å². The number of carbonyl (C=O) groups is 1. The number of rotatable bonds is 4. The topological polar surface area (TPSA) is 72.3 Å². The van der Waals surface area contributed by atoms with Crippen LogP contribution in [-0.2, 0) is 24.2 Å². The van der Waals surface area contributed by atoms with Gasteiger partial charge in [-0.05, 0) is 19.3 Å². The second kappa shape index (κ2) is 5.78. The molecule has 1 aromatic rings. The molecule has 1 fully saturated rings. The molecule has 20 heavy (non-hydrogen) atoms. The molecule has 1 atom stereocenters. The van der Waals surface area contributed by atoms with Crippen molar-refractivity contribution in [2.75, 3.05) is 20.2 Å². The van der Waals surface area contributed by atoms with Crippen molar-refractivity contribution in [2.45, 2.75) is 44.9 Å². The Kier molecular flexibility index (Phi) is 3.86. The molecule has 0 saturated carbocycles. The van der Waals surface area contributed by atoms with Crippen LogP contribution in [0.5, 0.6) is 0 Å². The van der Waals surface area contributed by atoms with Gasteiger partial charge in [0.05, 0.1) is 12.6 Å². The van der Waals surface area contributed by atoms with E-state index in [0.717, 1.165) is 50.5 Å². The molecular formula is C13H21N5O2. The van der Waals surface area contributed by atoms with Gasteiger partial charge in [0.15, 0.2) is 5.82 Å². The van der Waals surface area contributed by atoms with E-state index in [-0.39, 0.29) is 12.1 Å². The van der Waals surface area contributed by atoms with Gasteiger partial charge in [-0.3, -0.25) is 0 Å². The van der Waals surface area contributed by atoms with Gasteiger partial charge >= 0.3 is 6.03 Å². The van der Waals surface area contributed by atoms with E-state index in [0.29, 0.717) is 13.1 Å². The van der Waals surface area contributed by atoms with E-state index in [9.17, 15) is 4.79 Å². The number of fused-ring (bicyclic) bond motifs is 1. The lowest BCUT2D eigenvalue weighted by molar-refractivity contribution is 0.109. The van der Waals surface area contributed by atoms with Crippen molar-refractivity contribution in [3.8, 4) is 0 Å². The molecule has 1 aromatic heterocycles. The molecule has 3 rings (SSSR count). The van der Waals surface area contributed by atoms with Gasteiger partial charge in [-0.25, -0.2) is 4.79 Å². The Morgan fingerprint density at radius 1 is 1.50 bits per heavy atom. The molecule has 2 aliphatic rings. The zero-order chi connectivity index (χ0) is 13.9. The highest BCUT2D eigenvalue weighted by Gasteiger charge is 2.21. The van der Waals surface area contributed by atoms with Crippen molar-refractivity contribution >= 4 is 6.03 Å². The minimum atomic E-state index is -0.0872. The summed E-state index contributed by atoms with van der Waals surface area (Å²) in [5.41, 5.74) is 0. The fourth-order valence-electron chi connectivity index (χ4n) is 2.75. The molecule has 1 N–H and O–H groups in total. The Labute approximate surface area is 118 Å². The number of hydrogen-bond donors (Lipinski definition) is 1. The van der Waals surface area contributed by atoms with E-state index < -0.39 is 0 Å². The maximum Gasteiger partial charge on any atom is 0.317 e. The summed E-state index contributed by atoms with van der Waals surface area (Å²) >= 11 is 0. The molecule has 0 aromatic carbocycles. The summed E-state index contributed by atoms with van der Waals surface area (Å²) in [4.78, 5) is 13.7. The van der Waals surface area contributed by atoms with E-state index in [4.69, 9.17) is 4.74 Å². The van der Waals surface area contributed by atoms with Crippen LogP contribution in [0.1, 0.15) is 30.9 Å². The maximum atomic E-state index is 12.0. The van der Waals surface area contributed by atoms with Crippen LogP contribution in [0.4, 0.5) is 4.79 Å². The minimum Gasteiger partial charge on any atom is -0.376 e. The lowest BCUT2D eigenvalue weighted by Gasteiger charge is -2.19. The third kappa shape index (κ3) is 2.77. The van der Waals surface area contributed by atoms with Gasteiger partial charge in [0.2, 0.25) is 0 Å². The molecular weight excluding hydrogens is 258 g/mol. The zero-order valence-electron chi connectivity index (χ0n) is 11.8. The molecule has 1 saturated heterocycles. The van der Waals surface area contributed by atoms with Crippen molar-refractivity contribution in [1.82, 2.24) is 25.0 Å². The molecule has 0 spiro atoms. The molecule has 2 amide bonds. The van der Waals surface area contributed by atoms with Gasteiger partial charge in [0.1, 0.15) is 5.82 Å². The first-order valence-electron chi connectivity index (χ1n) is 7.25. The van der Waals surface area contributed by atoms with Gasteiger partial charge in [-0.2, -0.15) is 0 Å². The first-order valence-corrected chi connectivity index (χ1v) is 7.25. The molecule has 7 heteroatoms. The molecule has 0 aliphatic carbocycles. The minimum absolute atomic E-state index is 0.0872. The standard InChI is InChI=1S/C13H21N5O2/c1-17(13(19)14-8-10-4-3-7-20-10)9-12-16-15-11-5-2-6-18(11)12/h10H,2-9H2,1H3,(H,14,19)/t10-/m0/s1. The number of aryl methyl sites for hydroxylation is 1. The van der Waals surface area contributed by atoms with Crippen molar-refractivity contribution < 1.29 is 9.53 Å². The number of aromatic nitrogens is 3. The van der Waals surface area contributed by atoms with Crippen LogP contribution in [0.25, 0.3) is 0 Å². The van der Waals surface area contributed by atoms with E-state index in [1.165, 1.54) is 0 Å². The van der Waals surface area contributed by atoms with Crippen molar-refractivity contribution in [1.29, 1.82) is 0 Å². The summed E-state index contributed by atoms with van der Waals surface area (Å²) in [6.45, 7) is 2.84. The number of nitrogens with zero attached hydrogens (tertiary/aromatic N) is 4. The monoisotopic (exact) mass is 279 g/mol. The molecule has 0 radical (unpaired) electrons. The number of nitrogens with one attached hydrogen (secondary N) is 1. The predicted molar refractivity (Wildman–Crippen MR) is 72.2 cm³/mol. The molecule has 0 unspecified atom stereocenters. The van der Waals surface area contributed by atoms with Crippen molar-refractivity contribution in [3.05, 3.63) is 11.6 Å². The van der Waals surface area contributed by atoms with Crippen LogP contribution >= 0.6 is 0 Å². The summed E-state index contributed by atoms with van der Waals surface area (Å²) in [5.74, 6) is 1.90. The summed E-state index contributed by atoms with van der Waals surface area (Å²) < 4.78 is 7.60. The normalized spacial score (nSPS) is 20.9. The second-order valence-electron chi connectivity index (χ2n) is 5.46. The average Bonchev–Trinajstić information content (AvgIpc) is 3.15. The quantitative estimate of drug-likeness (QED) is 0.873. The number of carbonyl (C=O) groups excluding carboxylic acids is 1. The molecule has 0 bridgehead atoms. The molecule has 7 nitrogen and oxygen atoms in total. The lowest BCUT2D eigenvalue weighted by atomic mass is 10.2. The Bertz CT molecular complexity index is 481. The zero-order valence-corrected chi connectivity index (χ0v) is 11.8. The Balaban J connectivity index is 1.50. The second-order valence-corrected chi connectivity index (χ2v) is 5.46. The summed E-state index contributed by atoms with van der Waals surface area (Å²) in [6, 6.07) is -0.0872. The van der Waals surface area contributed by atoms with E-state index in [1.807, 2.05) is 0 Å². The molecule has 110 valence electrons. The third-order valence-electron chi connectivity index (χ3n) is 3.92. The Morgan fingerprint density at radius 2 is 2.40 bits per heavy atom. The highest BCUT2D eigenvalue weighted by Crippen LogP contribution is 2.15. The van der Waals surface area contributed by atoms with Crippen LogP contribution in [-0.4, -0.2) is 52.0 Å². The van der Waals surface area contributed by atoms with Gasteiger partial charge < -0.3 is 19.5 Å². The third-order valence-corrected chi connectivity index (χ3v) is 3.92. The number of hydrogen-bond acceptors (Lipinski definition) is 4. The SMILES string of the molecule is CN(Cc1nnc2n1CCC2)C(=O)NC[C@@H]1CCCO1. The number of urea groups is 1. The fourth-order valence-corrected chi connectivity index (χ4v) is 2.75. The largest absolute Gasteiger partial charge is 0.376 e. The van der Waals surface area contributed by atoms with E-state index in [1.54, 1.807) is 11.9 Å². The van der Waals surface area contributed by atoms with Crippen LogP contribution in [0, 0.1) is 0 Å². The van der Waals surface area contributed by atoms with Gasteiger partial charge in [0.25, 0.3) is 0 Å². The fraction of sp³-hybridized carbons (Fsp3) is 0.769. The summed E-state index contributed by atoms with van der Waals surface area (Å²) in [7, 11) is 1.78. The summed E-state index contributed by atoms with van der Waals surface area (Å²) in [5, 5.41) is 11.2. The van der Waals surface area contributed by atoms with Gasteiger partial charge in [0, 0.05) is 33.2 Å². The first-order chi connectivity index (χ1) is 9.74.